The van der Waals surface area contributed by atoms with E-state index >= 15 is 0 Å². The quantitative estimate of drug-likeness (QED) is 0.567. The highest BCUT2D eigenvalue weighted by molar-refractivity contribution is 7.17. The molecule has 0 atom stereocenters. The van der Waals surface area contributed by atoms with Crippen LogP contribution in [-0.4, -0.2) is 26.4 Å². The van der Waals surface area contributed by atoms with Crippen LogP contribution in [0.4, 0.5) is 5.13 Å². The van der Waals surface area contributed by atoms with Crippen LogP contribution in [0.3, 0.4) is 0 Å². The molecule has 1 amide bonds. The van der Waals surface area contributed by atoms with Crippen molar-refractivity contribution in [2.45, 2.75) is 26.5 Å². The molecule has 0 bridgehead atoms. The molecule has 0 spiro atoms. The van der Waals surface area contributed by atoms with Crippen molar-refractivity contribution in [3.8, 4) is 0 Å². The molecule has 0 unspecified atom stereocenters. The van der Waals surface area contributed by atoms with Gasteiger partial charge in [0.1, 0.15) is 11.5 Å². The van der Waals surface area contributed by atoms with Gasteiger partial charge in [0, 0.05) is 25.2 Å². The van der Waals surface area contributed by atoms with E-state index in [-0.39, 0.29) is 30.6 Å². The first-order valence-corrected chi connectivity index (χ1v) is 9.52. The molecule has 2 heterocycles. The van der Waals surface area contributed by atoms with E-state index in [1.165, 1.54) is 16.8 Å². The van der Waals surface area contributed by atoms with Gasteiger partial charge in [-0.1, -0.05) is 41.7 Å². The van der Waals surface area contributed by atoms with Gasteiger partial charge in [-0.2, -0.15) is 0 Å². The fourth-order valence-corrected chi connectivity index (χ4v) is 3.33. The summed E-state index contributed by atoms with van der Waals surface area (Å²) in [5.74, 6) is -0.884. The summed E-state index contributed by atoms with van der Waals surface area (Å²) in [7, 11) is 0. The summed E-state index contributed by atoms with van der Waals surface area (Å²) in [4.78, 5) is 53.7. The fraction of sp³-hybridized carbons (Fsp3) is 0.211. The fourth-order valence-electron chi connectivity index (χ4n) is 2.45. The third-order valence-corrected chi connectivity index (χ3v) is 4.97. The number of nitrogens with one attached hydrogen (secondary N) is 2. The number of aromatic nitrogens is 3. The predicted octanol–water partition coefficient (Wildman–Crippen LogP) is 1.69. The van der Waals surface area contributed by atoms with Crippen molar-refractivity contribution in [2.75, 3.05) is 5.32 Å². The standard InChI is InChI=1S/C19H18N4O5S/c1-12-16(17(26)28-11-13-5-3-2-4-6-13)29-18(20-12)21-14(24)7-9-23-10-8-15(25)22-19(23)27/h2-6,8,10H,7,9,11H2,1H3,(H,20,21,24)(H,22,25,27). The van der Waals surface area contributed by atoms with E-state index in [9.17, 15) is 19.2 Å². The lowest BCUT2D eigenvalue weighted by Gasteiger charge is -2.04. The number of ether oxygens (including phenoxy) is 1. The molecule has 3 aromatic rings. The zero-order valence-corrected chi connectivity index (χ0v) is 16.3. The molecule has 0 aliphatic rings. The molecule has 0 aliphatic heterocycles. The molecular weight excluding hydrogens is 396 g/mol. The summed E-state index contributed by atoms with van der Waals surface area (Å²) in [5.41, 5.74) is 0.244. The number of aromatic amines is 1. The van der Waals surface area contributed by atoms with Crippen molar-refractivity contribution >= 4 is 28.3 Å². The maximum Gasteiger partial charge on any atom is 0.350 e. The van der Waals surface area contributed by atoms with Gasteiger partial charge in [-0.25, -0.2) is 14.6 Å². The van der Waals surface area contributed by atoms with E-state index < -0.39 is 17.2 Å². The smallest absolute Gasteiger partial charge is 0.350 e. The van der Waals surface area contributed by atoms with Gasteiger partial charge in [0.05, 0.1) is 5.69 Å². The number of aryl methyl sites for hydroxylation is 2. The summed E-state index contributed by atoms with van der Waals surface area (Å²) < 4.78 is 6.52. The highest BCUT2D eigenvalue weighted by atomic mass is 32.1. The summed E-state index contributed by atoms with van der Waals surface area (Å²) in [5, 5.41) is 2.88. The Morgan fingerprint density at radius 1 is 1.21 bits per heavy atom. The van der Waals surface area contributed by atoms with E-state index in [0.29, 0.717) is 10.6 Å². The Balaban J connectivity index is 1.56. The number of rotatable bonds is 7. The van der Waals surface area contributed by atoms with Crippen LogP contribution >= 0.6 is 11.3 Å². The lowest BCUT2D eigenvalue weighted by atomic mass is 10.2. The predicted molar refractivity (Wildman–Crippen MR) is 107 cm³/mol. The van der Waals surface area contributed by atoms with Crippen LogP contribution in [0.1, 0.15) is 27.3 Å². The van der Waals surface area contributed by atoms with Gasteiger partial charge in [-0.3, -0.25) is 14.6 Å². The molecule has 0 fully saturated rings. The number of esters is 1. The monoisotopic (exact) mass is 414 g/mol. The molecule has 1 aromatic carbocycles. The molecule has 9 nitrogen and oxygen atoms in total. The van der Waals surface area contributed by atoms with Crippen LogP contribution in [0, 0.1) is 6.92 Å². The molecule has 150 valence electrons. The molecule has 10 heteroatoms. The first-order valence-electron chi connectivity index (χ1n) is 8.70. The van der Waals surface area contributed by atoms with Crippen molar-refractivity contribution in [3.63, 3.8) is 0 Å². The average Bonchev–Trinajstić information content (AvgIpc) is 3.06. The Morgan fingerprint density at radius 3 is 2.69 bits per heavy atom. The van der Waals surface area contributed by atoms with Gasteiger partial charge in [0.15, 0.2) is 5.13 Å². The normalized spacial score (nSPS) is 10.5. The Bertz CT molecular complexity index is 1130. The third kappa shape index (κ3) is 5.48. The highest BCUT2D eigenvalue weighted by Crippen LogP contribution is 2.24. The minimum absolute atomic E-state index is 0.00162. The van der Waals surface area contributed by atoms with E-state index in [2.05, 4.69) is 15.3 Å². The lowest BCUT2D eigenvalue weighted by Crippen LogP contribution is -2.29. The molecule has 0 aliphatic carbocycles. The molecule has 29 heavy (non-hydrogen) atoms. The van der Waals surface area contributed by atoms with E-state index in [4.69, 9.17) is 4.74 Å². The summed E-state index contributed by atoms with van der Waals surface area (Å²) >= 11 is 1.02. The van der Waals surface area contributed by atoms with Gasteiger partial charge in [0.2, 0.25) is 5.91 Å². The molecule has 2 N–H and O–H groups in total. The Kier molecular flexibility index (Phi) is 6.35. The summed E-state index contributed by atoms with van der Waals surface area (Å²) in [6.07, 6.45) is 1.32. The van der Waals surface area contributed by atoms with Crippen molar-refractivity contribution in [1.82, 2.24) is 14.5 Å². The van der Waals surface area contributed by atoms with Crippen LogP contribution in [0.2, 0.25) is 0 Å². The molecule has 3 rings (SSSR count). The average molecular weight is 414 g/mol. The number of amides is 1. The largest absolute Gasteiger partial charge is 0.457 e. The Morgan fingerprint density at radius 2 is 1.97 bits per heavy atom. The second-order valence-electron chi connectivity index (χ2n) is 6.10. The van der Waals surface area contributed by atoms with Crippen molar-refractivity contribution in [3.05, 3.63) is 79.6 Å². The van der Waals surface area contributed by atoms with Crippen molar-refractivity contribution < 1.29 is 14.3 Å². The summed E-state index contributed by atoms with van der Waals surface area (Å²) in [6.45, 7) is 1.90. The first-order chi connectivity index (χ1) is 13.9. The van der Waals surface area contributed by atoms with Crippen LogP contribution < -0.4 is 16.6 Å². The van der Waals surface area contributed by atoms with E-state index in [0.717, 1.165) is 16.9 Å². The van der Waals surface area contributed by atoms with E-state index in [1.54, 1.807) is 6.92 Å². The van der Waals surface area contributed by atoms with Crippen LogP contribution in [0.15, 0.2) is 52.2 Å². The first kappa shape index (κ1) is 20.2. The molecule has 0 saturated heterocycles. The molecule has 0 radical (unpaired) electrons. The number of thiazole rings is 1. The SMILES string of the molecule is Cc1nc(NC(=O)CCn2ccc(=O)[nH]c2=O)sc1C(=O)OCc1ccccc1. The van der Waals surface area contributed by atoms with Crippen LogP contribution in [-0.2, 0) is 22.7 Å². The summed E-state index contributed by atoms with van der Waals surface area (Å²) in [6, 6.07) is 10.5. The Labute approximate surface area is 169 Å². The second-order valence-corrected chi connectivity index (χ2v) is 7.10. The van der Waals surface area contributed by atoms with Crippen molar-refractivity contribution in [1.29, 1.82) is 0 Å². The number of H-pyrrole nitrogens is 1. The topological polar surface area (TPSA) is 123 Å². The number of hydrogen-bond acceptors (Lipinski definition) is 7. The Hall–Kier alpha value is -3.53. The number of nitrogens with zero attached hydrogens (tertiary/aromatic N) is 2. The number of hydrogen-bond donors (Lipinski definition) is 2. The van der Waals surface area contributed by atoms with E-state index in [1.807, 2.05) is 30.3 Å². The zero-order valence-electron chi connectivity index (χ0n) is 15.5. The maximum atomic E-state index is 12.3. The van der Waals surface area contributed by atoms with Gasteiger partial charge in [-0.15, -0.1) is 0 Å². The highest BCUT2D eigenvalue weighted by Gasteiger charge is 2.18. The molecule has 0 saturated carbocycles. The van der Waals surface area contributed by atoms with Gasteiger partial charge >= 0.3 is 11.7 Å². The van der Waals surface area contributed by atoms with Gasteiger partial charge in [-0.05, 0) is 12.5 Å². The van der Waals surface area contributed by atoms with Gasteiger partial charge in [0.25, 0.3) is 5.56 Å². The number of benzene rings is 1. The number of carbonyl (C=O) groups excluding carboxylic acids is 2. The minimum atomic E-state index is -0.584. The molecular formula is C19H18N4O5S. The minimum Gasteiger partial charge on any atom is -0.457 e. The number of carbonyl (C=O) groups is 2. The number of anilines is 1. The lowest BCUT2D eigenvalue weighted by molar-refractivity contribution is -0.116. The van der Waals surface area contributed by atoms with Gasteiger partial charge < -0.3 is 14.6 Å². The second kappa shape index (κ2) is 9.11. The molecule has 2 aromatic heterocycles. The van der Waals surface area contributed by atoms with Crippen LogP contribution in [0.25, 0.3) is 0 Å². The van der Waals surface area contributed by atoms with Crippen molar-refractivity contribution in [2.24, 2.45) is 0 Å². The third-order valence-electron chi connectivity index (χ3n) is 3.92. The zero-order chi connectivity index (χ0) is 20.8. The van der Waals surface area contributed by atoms with Crippen LogP contribution in [0.5, 0.6) is 0 Å². The maximum absolute atomic E-state index is 12.3.